The van der Waals surface area contributed by atoms with Crippen molar-refractivity contribution in [1.29, 1.82) is 0 Å². The zero-order valence-corrected chi connectivity index (χ0v) is 13.6. The summed E-state index contributed by atoms with van der Waals surface area (Å²) >= 11 is 1.65. The number of benzene rings is 1. The molecule has 1 fully saturated rings. The van der Waals surface area contributed by atoms with Gasteiger partial charge in [-0.1, -0.05) is 36.8 Å². The van der Waals surface area contributed by atoms with Crippen LogP contribution < -0.4 is 11.1 Å². The summed E-state index contributed by atoms with van der Waals surface area (Å²) in [6.45, 7) is 0. The minimum atomic E-state index is -0.293. The van der Waals surface area contributed by atoms with E-state index < -0.39 is 0 Å². The summed E-state index contributed by atoms with van der Waals surface area (Å²) in [5.74, 6) is 0.955. The molecule has 2 atom stereocenters. The largest absolute Gasteiger partial charge is 0.369 e. The van der Waals surface area contributed by atoms with Crippen LogP contribution in [0.1, 0.15) is 31.2 Å². The van der Waals surface area contributed by atoms with Crippen LogP contribution in [-0.4, -0.2) is 29.4 Å². The highest BCUT2D eigenvalue weighted by Crippen LogP contribution is 2.25. The van der Waals surface area contributed by atoms with Crippen molar-refractivity contribution in [3.8, 4) is 0 Å². The maximum absolute atomic E-state index is 11.9. The molecular formula is C17H24N2O2S. The van der Waals surface area contributed by atoms with Gasteiger partial charge in [-0.2, -0.15) is 11.8 Å². The van der Waals surface area contributed by atoms with Gasteiger partial charge in [0.15, 0.2) is 0 Å². The average Bonchev–Trinajstić information content (AvgIpc) is 2.96. The van der Waals surface area contributed by atoms with Gasteiger partial charge in [-0.3, -0.25) is 9.59 Å². The third-order valence-electron chi connectivity index (χ3n) is 4.06. The molecule has 5 heteroatoms. The van der Waals surface area contributed by atoms with Crippen molar-refractivity contribution >= 4 is 23.6 Å². The van der Waals surface area contributed by atoms with Crippen LogP contribution >= 0.6 is 11.8 Å². The van der Waals surface area contributed by atoms with Crippen molar-refractivity contribution in [3.05, 3.63) is 35.9 Å². The zero-order valence-electron chi connectivity index (χ0n) is 12.8. The van der Waals surface area contributed by atoms with E-state index in [9.17, 15) is 9.59 Å². The minimum absolute atomic E-state index is 0.0165. The number of carbonyl (C=O) groups excluding carboxylic acids is 2. The van der Waals surface area contributed by atoms with Gasteiger partial charge in [0.05, 0.1) is 11.7 Å². The van der Waals surface area contributed by atoms with Gasteiger partial charge in [-0.05, 0) is 37.0 Å². The van der Waals surface area contributed by atoms with Crippen molar-refractivity contribution in [2.75, 3.05) is 11.5 Å². The lowest BCUT2D eigenvalue weighted by Gasteiger charge is -2.18. The number of thioether (sulfide) groups is 1. The van der Waals surface area contributed by atoms with Crippen LogP contribution in [0.3, 0.4) is 0 Å². The molecule has 0 unspecified atom stereocenters. The summed E-state index contributed by atoms with van der Waals surface area (Å²) in [7, 11) is 0. The molecule has 3 N–H and O–H groups in total. The number of rotatable bonds is 8. The molecule has 2 amide bonds. The first kappa shape index (κ1) is 16.9. The first-order valence-electron chi connectivity index (χ1n) is 7.87. The second kappa shape index (κ2) is 8.83. The van der Waals surface area contributed by atoms with Gasteiger partial charge in [0.1, 0.15) is 0 Å². The van der Waals surface area contributed by atoms with Crippen molar-refractivity contribution in [1.82, 2.24) is 5.32 Å². The predicted octanol–water partition coefficient (Wildman–Crippen LogP) is 2.12. The van der Waals surface area contributed by atoms with E-state index >= 15 is 0 Å². The van der Waals surface area contributed by atoms with Gasteiger partial charge in [-0.15, -0.1) is 0 Å². The van der Waals surface area contributed by atoms with Crippen molar-refractivity contribution in [2.45, 2.75) is 38.1 Å². The molecular weight excluding hydrogens is 296 g/mol. The fourth-order valence-corrected chi connectivity index (χ4v) is 3.67. The molecule has 1 aliphatic carbocycles. The minimum Gasteiger partial charge on any atom is -0.369 e. The van der Waals surface area contributed by atoms with Crippen LogP contribution in [0, 0.1) is 5.92 Å². The molecule has 1 aromatic rings. The molecule has 1 saturated carbocycles. The van der Waals surface area contributed by atoms with E-state index in [1.165, 1.54) is 5.56 Å². The topological polar surface area (TPSA) is 72.2 Å². The lowest BCUT2D eigenvalue weighted by molar-refractivity contribution is -0.123. The third kappa shape index (κ3) is 5.37. The molecule has 0 spiro atoms. The first-order chi connectivity index (χ1) is 10.7. The van der Waals surface area contributed by atoms with Crippen molar-refractivity contribution in [3.63, 3.8) is 0 Å². The van der Waals surface area contributed by atoms with E-state index in [1.807, 2.05) is 18.2 Å². The quantitative estimate of drug-likeness (QED) is 0.721. The SMILES string of the molecule is NC(=O)[C@H]1CCC[C@@H]1NC(=O)CSCCCc1ccccc1. The van der Waals surface area contributed by atoms with E-state index in [0.717, 1.165) is 37.9 Å². The lowest BCUT2D eigenvalue weighted by Crippen LogP contribution is -2.43. The molecule has 4 nitrogen and oxygen atoms in total. The number of primary amides is 1. The fraction of sp³-hybridized carbons (Fsp3) is 0.529. The molecule has 2 rings (SSSR count). The number of carbonyl (C=O) groups is 2. The van der Waals surface area contributed by atoms with E-state index in [-0.39, 0.29) is 23.8 Å². The Balaban J connectivity index is 1.59. The van der Waals surface area contributed by atoms with E-state index in [1.54, 1.807) is 11.8 Å². The standard InChI is InChI=1S/C17H24N2O2S/c18-17(21)14-9-4-10-15(14)19-16(20)12-22-11-5-8-13-6-2-1-3-7-13/h1-3,6-7,14-15H,4-5,8-12H2,(H2,18,21)(H,19,20)/t14-,15-/m0/s1. The first-order valence-corrected chi connectivity index (χ1v) is 9.02. The Morgan fingerprint density at radius 1 is 1.23 bits per heavy atom. The van der Waals surface area contributed by atoms with E-state index in [4.69, 9.17) is 5.73 Å². The van der Waals surface area contributed by atoms with Crippen LogP contribution in [0.4, 0.5) is 0 Å². The molecule has 1 aromatic carbocycles. The zero-order chi connectivity index (χ0) is 15.8. The lowest BCUT2D eigenvalue weighted by atomic mass is 10.0. The summed E-state index contributed by atoms with van der Waals surface area (Å²) in [6, 6.07) is 10.3. The predicted molar refractivity (Wildman–Crippen MR) is 90.6 cm³/mol. The molecule has 0 radical (unpaired) electrons. The highest BCUT2D eigenvalue weighted by molar-refractivity contribution is 7.99. The number of amides is 2. The maximum Gasteiger partial charge on any atom is 0.230 e. The Labute approximate surface area is 136 Å². The van der Waals surface area contributed by atoms with Crippen LogP contribution in [0.15, 0.2) is 30.3 Å². The second-order valence-electron chi connectivity index (χ2n) is 5.76. The molecule has 0 bridgehead atoms. The molecule has 22 heavy (non-hydrogen) atoms. The molecule has 0 aliphatic heterocycles. The van der Waals surface area contributed by atoms with E-state index in [2.05, 4.69) is 17.4 Å². The Kier molecular flexibility index (Phi) is 6.77. The van der Waals surface area contributed by atoms with Crippen LogP contribution in [0.5, 0.6) is 0 Å². The Bertz CT molecular complexity index is 493. The monoisotopic (exact) mass is 320 g/mol. The van der Waals surface area contributed by atoms with Gasteiger partial charge in [0.25, 0.3) is 0 Å². The number of aryl methyl sites for hydroxylation is 1. The summed E-state index contributed by atoms with van der Waals surface area (Å²) in [6.07, 6.45) is 4.72. The van der Waals surface area contributed by atoms with Gasteiger partial charge in [0, 0.05) is 6.04 Å². The molecule has 0 saturated heterocycles. The average molecular weight is 320 g/mol. The van der Waals surface area contributed by atoms with Gasteiger partial charge in [0.2, 0.25) is 11.8 Å². The Hall–Kier alpha value is -1.49. The molecule has 1 aliphatic rings. The summed E-state index contributed by atoms with van der Waals surface area (Å²) < 4.78 is 0. The number of hydrogen-bond acceptors (Lipinski definition) is 3. The Morgan fingerprint density at radius 2 is 2.00 bits per heavy atom. The van der Waals surface area contributed by atoms with Crippen LogP contribution in [0.2, 0.25) is 0 Å². The molecule has 120 valence electrons. The summed E-state index contributed by atoms with van der Waals surface area (Å²) in [5.41, 5.74) is 6.70. The molecule has 0 heterocycles. The van der Waals surface area contributed by atoms with Crippen LogP contribution in [0.25, 0.3) is 0 Å². The normalized spacial score (nSPS) is 20.7. The highest BCUT2D eigenvalue weighted by atomic mass is 32.2. The highest BCUT2D eigenvalue weighted by Gasteiger charge is 2.32. The summed E-state index contributed by atoms with van der Waals surface area (Å²) in [4.78, 5) is 23.2. The third-order valence-corrected chi connectivity index (χ3v) is 5.10. The molecule has 0 aromatic heterocycles. The van der Waals surface area contributed by atoms with Gasteiger partial charge >= 0.3 is 0 Å². The summed E-state index contributed by atoms with van der Waals surface area (Å²) in [5, 5.41) is 2.96. The van der Waals surface area contributed by atoms with E-state index in [0.29, 0.717) is 5.75 Å². The van der Waals surface area contributed by atoms with Crippen LogP contribution in [-0.2, 0) is 16.0 Å². The number of nitrogens with two attached hydrogens (primary N) is 1. The van der Waals surface area contributed by atoms with Gasteiger partial charge < -0.3 is 11.1 Å². The smallest absolute Gasteiger partial charge is 0.230 e. The number of hydrogen-bond donors (Lipinski definition) is 2. The van der Waals surface area contributed by atoms with Crippen molar-refractivity contribution in [2.24, 2.45) is 11.7 Å². The van der Waals surface area contributed by atoms with Crippen molar-refractivity contribution < 1.29 is 9.59 Å². The van der Waals surface area contributed by atoms with Gasteiger partial charge in [-0.25, -0.2) is 0 Å². The maximum atomic E-state index is 11.9. The fourth-order valence-electron chi connectivity index (χ4n) is 2.91. The Morgan fingerprint density at radius 3 is 2.73 bits per heavy atom. The number of nitrogens with one attached hydrogen (secondary N) is 1. The second-order valence-corrected chi connectivity index (χ2v) is 6.86.